The molecule has 0 radical (unpaired) electrons. The average Bonchev–Trinajstić information content (AvgIpc) is 3.42. The molecule has 3 N–H and O–H groups in total. The average molecular weight is 1140 g/mol. The SMILES string of the molecule is CC/C=C\C/C=C\C/C=C\C/C=C\CCCCCCCCCCCCCCCCCCCCCCCCCCCCCCC(=O)NC(COP(=O)(O)OCC[N+](C)(C)C)C(O)/C=C/CC/C=C/CC/C=C/CCCCCCCCC. The summed E-state index contributed by atoms with van der Waals surface area (Å²) in [4.78, 5) is 23.3. The molecule has 0 heterocycles. The summed E-state index contributed by atoms with van der Waals surface area (Å²) in [5, 5.41) is 13.9. The van der Waals surface area contributed by atoms with Crippen molar-refractivity contribution in [3.8, 4) is 0 Å². The standard InChI is InChI=1S/C71H131N2O6P/c1-6-8-10-12-14-16-18-20-22-24-25-26-27-28-29-30-31-32-33-34-35-36-37-38-39-40-41-42-43-44-45-46-47-49-51-53-55-57-59-61-63-65-71(75)72-69(68-79-80(76,77)78-67-66-73(3,4)5)70(74)64-62-60-58-56-54-52-50-48-23-21-19-17-15-13-11-9-7-2/h8,10,14,16,20,22-23,25-26,48,54,56,62,64,69-70,74H,6-7,9,11-13,15,17-19,21,24,27-47,49-53,55,57-61,63,65-68H2,1-5H3,(H-,72,75,76,77)/p+1/b10-8-,16-14-,22-20-,26-25-,48-23+,56-54+,64-62+. The number of aliphatic hydroxyl groups is 1. The Morgan fingerprint density at radius 1 is 0.438 bits per heavy atom. The molecule has 0 aromatic carbocycles. The normalized spacial score (nSPS) is 14.2. The number of rotatable bonds is 62. The van der Waals surface area contributed by atoms with E-state index in [-0.39, 0.29) is 19.1 Å². The van der Waals surface area contributed by atoms with Gasteiger partial charge in [0.25, 0.3) is 0 Å². The van der Waals surface area contributed by atoms with E-state index in [0.717, 1.165) is 70.6 Å². The molecule has 0 saturated heterocycles. The van der Waals surface area contributed by atoms with Crippen molar-refractivity contribution in [2.45, 2.75) is 321 Å². The van der Waals surface area contributed by atoms with E-state index in [0.29, 0.717) is 17.4 Å². The lowest BCUT2D eigenvalue weighted by atomic mass is 10.0. The van der Waals surface area contributed by atoms with Crippen LogP contribution in [0.1, 0.15) is 309 Å². The van der Waals surface area contributed by atoms with Gasteiger partial charge in [0.1, 0.15) is 13.2 Å². The Hall–Kier alpha value is -2.32. The molecule has 0 spiro atoms. The van der Waals surface area contributed by atoms with Gasteiger partial charge in [0, 0.05) is 6.42 Å². The van der Waals surface area contributed by atoms with Gasteiger partial charge in [-0.1, -0.05) is 304 Å². The molecule has 3 unspecified atom stereocenters. The molecule has 0 aromatic rings. The lowest BCUT2D eigenvalue weighted by molar-refractivity contribution is -0.870. The highest BCUT2D eigenvalue weighted by atomic mass is 31.2. The van der Waals surface area contributed by atoms with Crippen LogP contribution in [0.4, 0.5) is 0 Å². The maximum absolute atomic E-state index is 13.0. The zero-order valence-electron chi connectivity index (χ0n) is 53.3. The number of unbranched alkanes of at least 4 members (excludes halogenated alkanes) is 37. The van der Waals surface area contributed by atoms with Crippen molar-refractivity contribution in [2.24, 2.45) is 0 Å². The lowest BCUT2D eigenvalue weighted by Gasteiger charge is -2.25. The quantitative estimate of drug-likeness (QED) is 0.0243. The number of quaternary nitrogens is 1. The van der Waals surface area contributed by atoms with Crippen molar-refractivity contribution in [1.29, 1.82) is 0 Å². The zero-order chi connectivity index (χ0) is 58.4. The van der Waals surface area contributed by atoms with Crippen LogP contribution < -0.4 is 5.32 Å². The number of nitrogens with one attached hydrogen (secondary N) is 1. The minimum absolute atomic E-state index is 0.0531. The van der Waals surface area contributed by atoms with Crippen LogP contribution >= 0.6 is 7.82 Å². The molecule has 80 heavy (non-hydrogen) atoms. The van der Waals surface area contributed by atoms with Gasteiger partial charge in [-0.2, -0.15) is 0 Å². The molecule has 0 aliphatic heterocycles. The predicted molar refractivity (Wildman–Crippen MR) is 350 cm³/mol. The minimum atomic E-state index is -4.36. The summed E-state index contributed by atoms with van der Waals surface area (Å²) in [6, 6.07) is -0.871. The van der Waals surface area contributed by atoms with Gasteiger partial charge in [0.05, 0.1) is 39.9 Å². The highest BCUT2D eigenvalue weighted by Gasteiger charge is 2.28. The fourth-order valence-corrected chi connectivity index (χ4v) is 10.6. The molecule has 466 valence electrons. The smallest absolute Gasteiger partial charge is 0.387 e. The van der Waals surface area contributed by atoms with E-state index in [2.05, 4.69) is 92.1 Å². The molecule has 0 saturated carbocycles. The molecule has 9 heteroatoms. The molecule has 0 aromatic heterocycles. The first-order valence-corrected chi connectivity index (χ1v) is 35.5. The third-order valence-electron chi connectivity index (χ3n) is 15.1. The molecule has 0 aliphatic carbocycles. The van der Waals surface area contributed by atoms with E-state index in [4.69, 9.17) is 9.05 Å². The molecular weight excluding hydrogens is 1010 g/mol. The zero-order valence-corrected chi connectivity index (χ0v) is 54.2. The second-order valence-electron chi connectivity index (χ2n) is 24.2. The van der Waals surface area contributed by atoms with Crippen LogP contribution in [0.15, 0.2) is 85.1 Å². The monoisotopic (exact) mass is 1140 g/mol. The number of carbonyl (C=O) groups is 1. The molecule has 0 fully saturated rings. The number of allylic oxidation sites excluding steroid dienone is 13. The summed E-state index contributed by atoms with van der Waals surface area (Å²) in [5.74, 6) is -0.187. The Morgan fingerprint density at radius 3 is 1.15 bits per heavy atom. The van der Waals surface area contributed by atoms with Crippen molar-refractivity contribution in [2.75, 3.05) is 40.9 Å². The van der Waals surface area contributed by atoms with Crippen LogP contribution in [-0.4, -0.2) is 73.4 Å². The Balaban J connectivity index is 3.92. The Labute approximate surface area is 497 Å². The van der Waals surface area contributed by atoms with Crippen molar-refractivity contribution in [3.05, 3.63) is 85.1 Å². The topological polar surface area (TPSA) is 105 Å². The van der Waals surface area contributed by atoms with Gasteiger partial charge in [-0.15, -0.1) is 0 Å². The summed E-state index contributed by atoms with van der Waals surface area (Å²) in [7, 11) is 1.55. The van der Waals surface area contributed by atoms with Crippen LogP contribution in [-0.2, 0) is 18.4 Å². The molecule has 0 bridgehead atoms. The molecule has 8 nitrogen and oxygen atoms in total. The lowest BCUT2D eigenvalue weighted by Crippen LogP contribution is -2.45. The number of amides is 1. The molecule has 0 aliphatic rings. The summed E-state index contributed by atoms with van der Waals surface area (Å²) in [6.45, 7) is 4.69. The van der Waals surface area contributed by atoms with Gasteiger partial charge >= 0.3 is 7.82 Å². The Morgan fingerprint density at radius 2 is 0.762 bits per heavy atom. The van der Waals surface area contributed by atoms with Crippen LogP contribution in [0.25, 0.3) is 0 Å². The van der Waals surface area contributed by atoms with Gasteiger partial charge in [-0.25, -0.2) is 4.57 Å². The number of phosphoric ester groups is 1. The number of phosphoric acid groups is 1. The number of carbonyl (C=O) groups excluding carboxylic acids is 1. The number of hydrogen-bond donors (Lipinski definition) is 3. The fraction of sp³-hybridized carbons (Fsp3) is 0.789. The highest BCUT2D eigenvalue weighted by molar-refractivity contribution is 7.47. The third-order valence-corrected chi connectivity index (χ3v) is 16.1. The fourth-order valence-electron chi connectivity index (χ4n) is 9.83. The maximum Gasteiger partial charge on any atom is 0.472 e. The maximum atomic E-state index is 13.0. The largest absolute Gasteiger partial charge is 0.472 e. The first-order valence-electron chi connectivity index (χ1n) is 34.0. The van der Waals surface area contributed by atoms with Gasteiger partial charge in [-0.05, 0) is 83.5 Å². The Bertz CT molecular complexity index is 1580. The van der Waals surface area contributed by atoms with Gasteiger partial charge in [0.2, 0.25) is 5.91 Å². The van der Waals surface area contributed by atoms with E-state index in [1.54, 1.807) is 6.08 Å². The van der Waals surface area contributed by atoms with E-state index in [1.807, 2.05) is 27.2 Å². The molecule has 0 rings (SSSR count). The van der Waals surface area contributed by atoms with Gasteiger partial charge in [-0.3, -0.25) is 13.8 Å². The number of hydrogen-bond acceptors (Lipinski definition) is 5. The second kappa shape index (κ2) is 61.2. The van der Waals surface area contributed by atoms with E-state index in [9.17, 15) is 19.4 Å². The molecular formula is C71H132N2O6P+. The van der Waals surface area contributed by atoms with Crippen LogP contribution in [0, 0.1) is 0 Å². The second-order valence-corrected chi connectivity index (χ2v) is 25.6. The van der Waals surface area contributed by atoms with Crippen molar-refractivity contribution in [1.82, 2.24) is 5.32 Å². The van der Waals surface area contributed by atoms with Crippen LogP contribution in [0.2, 0.25) is 0 Å². The van der Waals surface area contributed by atoms with Gasteiger partial charge < -0.3 is 19.8 Å². The summed E-state index contributed by atoms with van der Waals surface area (Å²) in [5.41, 5.74) is 0. The first-order chi connectivity index (χ1) is 39.0. The van der Waals surface area contributed by atoms with Crippen molar-refractivity contribution >= 4 is 13.7 Å². The minimum Gasteiger partial charge on any atom is -0.387 e. The van der Waals surface area contributed by atoms with Gasteiger partial charge in [0.15, 0.2) is 0 Å². The number of likely N-dealkylation sites (N-methyl/N-ethyl adjacent to an activating group) is 1. The van der Waals surface area contributed by atoms with Crippen LogP contribution in [0.3, 0.4) is 0 Å². The van der Waals surface area contributed by atoms with Crippen molar-refractivity contribution in [3.63, 3.8) is 0 Å². The van der Waals surface area contributed by atoms with E-state index in [1.165, 1.54) is 218 Å². The van der Waals surface area contributed by atoms with E-state index >= 15 is 0 Å². The first kappa shape index (κ1) is 77.7. The summed E-state index contributed by atoms with van der Waals surface area (Å²) in [6.07, 6.45) is 87.5. The van der Waals surface area contributed by atoms with E-state index < -0.39 is 20.0 Å². The molecule has 3 atom stereocenters. The number of aliphatic hydroxyl groups excluding tert-OH is 1. The molecule has 1 amide bonds. The Kier molecular flexibility index (Phi) is 59.5. The third kappa shape index (κ3) is 63.3. The summed E-state index contributed by atoms with van der Waals surface area (Å²) < 4.78 is 23.7. The predicted octanol–water partition coefficient (Wildman–Crippen LogP) is 21.5. The number of nitrogens with zero attached hydrogens (tertiary/aromatic N) is 1. The highest BCUT2D eigenvalue weighted by Crippen LogP contribution is 2.43. The van der Waals surface area contributed by atoms with Crippen LogP contribution in [0.5, 0.6) is 0 Å². The van der Waals surface area contributed by atoms with Crippen molar-refractivity contribution < 1.29 is 32.9 Å². The summed E-state index contributed by atoms with van der Waals surface area (Å²) >= 11 is 0.